The zero-order chi connectivity index (χ0) is 22.6. The number of benzene rings is 1. The maximum Gasteiger partial charge on any atom is 0.313 e. The molecule has 3 rings (SSSR count). The van der Waals surface area contributed by atoms with Gasteiger partial charge in [0.15, 0.2) is 0 Å². The fraction of sp³-hybridized carbons (Fsp3) is 0.455. The zero-order valence-electron chi connectivity index (χ0n) is 18.2. The van der Waals surface area contributed by atoms with E-state index in [4.69, 9.17) is 9.47 Å². The lowest BCUT2D eigenvalue weighted by molar-refractivity contribution is -0.159. The molecule has 0 radical (unpaired) electrons. The van der Waals surface area contributed by atoms with E-state index in [1.807, 2.05) is 30.5 Å². The van der Waals surface area contributed by atoms with E-state index in [0.717, 1.165) is 42.0 Å². The van der Waals surface area contributed by atoms with Crippen LogP contribution in [0.4, 0.5) is 0 Å². The molecule has 2 heterocycles. The Morgan fingerprint density at radius 2 is 1.62 bits per heavy atom. The number of carbonyl (C=O) groups excluding carboxylic acids is 2. The topological polar surface area (TPSA) is 125 Å². The molecule has 0 bridgehead atoms. The molecule has 0 amide bonds. The Labute approximate surface area is 186 Å². The minimum atomic E-state index is -0.477. The molecular weight excluding hydrogens is 412 g/mol. The number of nitrogens with zero attached hydrogens (tertiary/aromatic N) is 5. The molecule has 3 aromatic rings. The fourth-order valence-corrected chi connectivity index (χ4v) is 3.18. The lowest BCUT2D eigenvalue weighted by atomic mass is 10.1. The number of hydrogen-bond acceptors (Lipinski definition) is 8. The van der Waals surface area contributed by atoms with Gasteiger partial charge in [0.05, 0.1) is 25.0 Å². The van der Waals surface area contributed by atoms with Crippen molar-refractivity contribution in [3.8, 4) is 5.75 Å². The number of esters is 2. The van der Waals surface area contributed by atoms with Crippen LogP contribution in [0.3, 0.4) is 0 Å². The molecular formula is C22H28N6O4. The molecule has 32 heavy (non-hydrogen) atoms. The highest BCUT2D eigenvalue weighted by Gasteiger charge is 2.11. The number of hydrogen-bond donors (Lipinski definition) is 1. The highest BCUT2D eigenvalue weighted by atomic mass is 16.6. The quantitative estimate of drug-likeness (QED) is 0.244. The van der Waals surface area contributed by atoms with E-state index in [1.165, 1.54) is 0 Å². The van der Waals surface area contributed by atoms with Gasteiger partial charge in [-0.25, -0.2) is 4.68 Å². The van der Waals surface area contributed by atoms with Crippen LogP contribution in [-0.2, 0) is 33.7 Å². The normalized spacial score (nSPS) is 10.8. The molecule has 10 heteroatoms. The third-order valence-electron chi connectivity index (χ3n) is 4.91. The summed E-state index contributed by atoms with van der Waals surface area (Å²) in [6, 6.07) is 7.80. The standard InChI is InChI=1S/C22H28N6O4/c1-31-20-12-10-17(11-13-20)15-28-16-19(25-27-28)7-3-5-9-22(30)32-21(29)8-4-2-6-18-14-23-26-24-18/h10-14,16H,2-9,15H2,1H3,(H,23,24,26). The molecule has 0 atom stereocenters. The second-order valence-electron chi connectivity index (χ2n) is 7.48. The first-order valence-corrected chi connectivity index (χ1v) is 10.7. The van der Waals surface area contributed by atoms with Crippen molar-refractivity contribution in [3.05, 3.63) is 53.6 Å². The van der Waals surface area contributed by atoms with Gasteiger partial charge < -0.3 is 9.47 Å². The molecule has 0 aliphatic heterocycles. The maximum absolute atomic E-state index is 11.8. The average molecular weight is 441 g/mol. The minimum Gasteiger partial charge on any atom is -0.497 e. The van der Waals surface area contributed by atoms with E-state index in [2.05, 4.69) is 25.7 Å². The van der Waals surface area contributed by atoms with Crippen molar-refractivity contribution in [2.45, 2.75) is 57.9 Å². The van der Waals surface area contributed by atoms with Crippen molar-refractivity contribution in [2.24, 2.45) is 0 Å². The second kappa shape index (κ2) is 12.3. The van der Waals surface area contributed by atoms with Gasteiger partial charge in [-0.15, -0.1) is 10.2 Å². The number of methoxy groups -OCH3 is 1. The maximum atomic E-state index is 11.8. The Balaban J connectivity index is 1.26. The second-order valence-corrected chi connectivity index (χ2v) is 7.48. The smallest absolute Gasteiger partial charge is 0.313 e. The number of nitrogens with one attached hydrogen (secondary N) is 1. The molecule has 0 aliphatic carbocycles. The van der Waals surface area contributed by atoms with Gasteiger partial charge in [0, 0.05) is 25.2 Å². The lowest BCUT2D eigenvalue weighted by Crippen LogP contribution is -2.12. The Morgan fingerprint density at radius 1 is 0.938 bits per heavy atom. The van der Waals surface area contributed by atoms with Gasteiger partial charge in [0.25, 0.3) is 0 Å². The summed E-state index contributed by atoms with van der Waals surface area (Å²) >= 11 is 0. The third-order valence-corrected chi connectivity index (χ3v) is 4.91. The van der Waals surface area contributed by atoms with Crippen molar-refractivity contribution < 1.29 is 19.1 Å². The molecule has 1 aromatic carbocycles. The van der Waals surface area contributed by atoms with Crippen LogP contribution in [-0.4, -0.2) is 49.5 Å². The van der Waals surface area contributed by atoms with E-state index < -0.39 is 11.9 Å². The van der Waals surface area contributed by atoms with Gasteiger partial charge in [0.1, 0.15) is 5.75 Å². The number of aryl methyl sites for hydroxylation is 2. The van der Waals surface area contributed by atoms with E-state index in [0.29, 0.717) is 25.8 Å². The molecule has 10 nitrogen and oxygen atoms in total. The van der Waals surface area contributed by atoms with Gasteiger partial charge in [0.2, 0.25) is 0 Å². The Morgan fingerprint density at radius 3 is 2.25 bits per heavy atom. The van der Waals surface area contributed by atoms with Crippen molar-refractivity contribution in [1.82, 2.24) is 30.4 Å². The Kier molecular flexibility index (Phi) is 8.91. The van der Waals surface area contributed by atoms with E-state index >= 15 is 0 Å². The molecule has 0 saturated heterocycles. The van der Waals surface area contributed by atoms with Crippen LogP contribution in [0, 0.1) is 0 Å². The van der Waals surface area contributed by atoms with Crippen LogP contribution in [0.2, 0.25) is 0 Å². The lowest BCUT2D eigenvalue weighted by Gasteiger charge is -2.03. The Bertz CT molecular complexity index is 969. The molecule has 1 N–H and O–H groups in total. The van der Waals surface area contributed by atoms with Gasteiger partial charge in [-0.3, -0.25) is 14.7 Å². The summed E-state index contributed by atoms with van der Waals surface area (Å²) in [4.78, 5) is 23.6. The third kappa shape index (κ3) is 7.93. The number of H-pyrrole nitrogens is 1. The largest absolute Gasteiger partial charge is 0.497 e. The molecule has 0 fully saturated rings. The van der Waals surface area contributed by atoms with Crippen molar-refractivity contribution >= 4 is 11.9 Å². The number of ether oxygens (including phenoxy) is 2. The van der Waals surface area contributed by atoms with E-state index in [-0.39, 0.29) is 12.8 Å². The van der Waals surface area contributed by atoms with Gasteiger partial charge in [-0.2, -0.15) is 0 Å². The molecule has 0 saturated carbocycles. The molecule has 0 spiro atoms. The molecule has 0 aliphatic rings. The summed E-state index contributed by atoms with van der Waals surface area (Å²) < 4.78 is 11.8. The SMILES string of the molecule is COc1ccc(Cn2cc(CCCCC(=O)OC(=O)CCCCc3c[nH]nn3)nn2)cc1. The first-order chi connectivity index (χ1) is 15.6. The van der Waals surface area contributed by atoms with Crippen LogP contribution in [0.25, 0.3) is 0 Å². The van der Waals surface area contributed by atoms with E-state index in [1.54, 1.807) is 18.0 Å². The highest BCUT2D eigenvalue weighted by molar-refractivity contribution is 5.85. The van der Waals surface area contributed by atoms with Crippen LogP contribution in [0.15, 0.2) is 36.7 Å². The van der Waals surface area contributed by atoms with Crippen molar-refractivity contribution in [1.29, 1.82) is 0 Å². The highest BCUT2D eigenvalue weighted by Crippen LogP contribution is 2.12. The Hall–Kier alpha value is -3.56. The summed E-state index contributed by atoms with van der Waals surface area (Å²) in [6.45, 7) is 0.629. The van der Waals surface area contributed by atoms with Crippen molar-refractivity contribution in [2.75, 3.05) is 7.11 Å². The van der Waals surface area contributed by atoms with Gasteiger partial charge in [-0.05, 0) is 56.2 Å². The monoisotopic (exact) mass is 440 g/mol. The van der Waals surface area contributed by atoms with E-state index in [9.17, 15) is 9.59 Å². The first-order valence-electron chi connectivity index (χ1n) is 10.7. The van der Waals surface area contributed by atoms with Crippen molar-refractivity contribution in [3.63, 3.8) is 0 Å². The predicted molar refractivity (Wildman–Crippen MR) is 115 cm³/mol. The molecule has 170 valence electrons. The number of rotatable bonds is 13. The van der Waals surface area contributed by atoms with Crippen LogP contribution in [0.5, 0.6) is 5.75 Å². The molecule has 2 aromatic heterocycles. The summed E-state index contributed by atoms with van der Waals surface area (Å²) in [6.07, 6.45) is 8.35. The number of aromatic amines is 1. The summed E-state index contributed by atoms with van der Waals surface area (Å²) in [7, 11) is 1.64. The fourth-order valence-electron chi connectivity index (χ4n) is 3.18. The number of unbranched alkanes of at least 4 members (excludes halogenated alkanes) is 2. The predicted octanol–water partition coefficient (Wildman–Crippen LogP) is 2.65. The number of carbonyl (C=O) groups is 2. The van der Waals surface area contributed by atoms with Gasteiger partial charge in [-0.1, -0.05) is 22.6 Å². The van der Waals surface area contributed by atoms with Crippen LogP contribution < -0.4 is 4.74 Å². The van der Waals surface area contributed by atoms with Gasteiger partial charge >= 0.3 is 11.9 Å². The summed E-state index contributed by atoms with van der Waals surface area (Å²) in [5.74, 6) is -0.137. The van der Waals surface area contributed by atoms with Crippen LogP contribution >= 0.6 is 0 Å². The summed E-state index contributed by atoms with van der Waals surface area (Å²) in [5, 5.41) is 18.5. The average Bonchev–Trinajstić information content (AvgIpc) is 3.47. The number of aromatic nitrogens is 6. The molecule has 0 unspecified atom stereocenters. The zero-order valence-corrected chi connectivity index (χ0v) is 18.2. The van der Waals surface area contributed by atoms with Crippen LogP contribution in [0.1, 0.15) is 55.5 Å². The first kappa shape index (κ1) is 23.1. The minimum absolute atomic E-state index is 0.213. The summed E-state index contributed by atoms with van der Waals surface area (Å²) in [5.41, 5.74) is 2.83.